The number of hydrogen-bond donors (Lipinski definition) is 0. The van der Waals surface area contributed by atoms with E-state index in [0.29, 0.717) is 36.2 Å². The predicted octanol–water partition coefficient (Wildman–Crippen LogP) is 1.63. The lowest BCUT2D eigenvalue weighted by molar-refractivity contribution is -0.132. The number of benzene rings is 1. The van der Waals surface area contributed by atoms with Gasteiger partial charge in [-0.1, -0.05) is 10.4 Å². The van der Waals surface area contributed by atoms with Crippen molar-refractivity contribution in [2.24, 2.45) is 0 Å². The number of nitrogens with zero attached hydrogens (tertiary/aromatic N) is 6. The number of rotatable bonds is 5. The molecule has 2 aromatic heterocycles. The van der Waals surface area contributed by atoms with Gasteiger partial charge in [-0.2, -0.15) is 4.98 Å². The SMILES string of the molecule is Cc1noc(-c2cn([C@@H]3CCN(C(=O)COc4ccc(F)cc4)C3)nn2)n1. The first-order valence-electron chi connectivity index (χ1n) is 8.47. The van der Waals surface area contributed by atoms with Crippen LogP contribution in [0.4, 0.5) is 4.39 Å². The van der Waals surface area contributed by atoms with E-state index in [1.165, 1.54) is 24.3 Å². The number of aromatic nitrogens is 5. The van der Waals surface area contributed by atoms with Gasteiger partial charge < -0.3 is 14.2 Å². The highest BCUT2D eigenvalue weighted by atomic mass is 19.1. The largest absolute Gasteiger partial charge is 0.484 e. The zero-order valence-corrected chi connectivity index (χ0v) is 14.6. The first-order chi connectivity index (χ1) is 13.1. The molecule has 0 aliphatic carbocycles. The zero-order chi connectivity index (χ0) is 18.8. The Morgan fingerprint density at radius 3 is 2.93 bits per heavy atom. The van der Waals surface area contributed by atoms with Gasteiger partial charge in [0.25, 0.3) is 11.8 Å². The van der Waals surface area contributed by atoms with Crippen LogP contribution in [-0.4, -0.2) is 55.6 Å². The first-order valence-corrected chi connectivity index (χ1v) is 8.47. The van der Waals surface area contributed by atoms with Gasteiger partial charge in [0.1, 0.15) is 11.6 Å². The summed E-state index contributed by atoms with van der Waals surface area (Å²) in [6, 6.07) is 5.58. The fraction of sp³-hybridized carbons (Fsp3) is 0.353. The highest BCUT2D eigenvalue weighted by Gasteiger charge is 2.29. The van der Waals surface area contributed by atoms with Gasteiger partial charge in [-0.15, -0.1) is 5.10 Å². The average Bonchev–Trinajstić information content (AvgIpc) is 3.40. The summed E-state index contributed by atoms with van der Waals surface area (Å²) in [5.74, 6) is 0.820. The van der Waals surface area contributed by atoms with Gasteiger partial charge in [0.05, 0.1) is 12.2 Å². The normalized spacial score (nSPS) is 16.7. The van der Waals surface area contributed by atoms with E-state index in [0.717, 1.165) is 6.42 Å². The van der Waals surface area contributed by atoms with Gasteiger partial charge in [-0.3, -0.25) is 4.79 Å². The summed E-state index contributed by atoms with van der Waals surface area (Å²) in [7, 11) is 0. The van der Waals surface area contributed by atoms with E-state index in [2.05, 4.69) is 20.5 Å². The average molecular weight is 372 g/mol. The summed E-state index contributed by atoms with van der Waals surface area (Å²) in [5.41, 5.74) is 0.500. The fourth-order valence-corrected chi connectivity index (χ4v) is 2.91. The molecule has 0 radical (unpaired) electrons. The summed E-state index contributed by atoms with van der Waals surface area (Å²) in [6.07, 6.45) is 2.49. The molecule has 4 rings (SSSR count). The van der Waals surface area contributed by atoms with Gasteiger partial charge in [0, 0.05) is 13.1 Å². The molecule has 0 unspecified atom stereocenters. The van der Waals surface area contributed by atoms with E-state index in [1.807, 2.05) is 0 Å². The minimum Gasteiger partial charge on any atom is -0.484 e. The number of amides is 1. The van der Waals surface area contributed by atoms with Crippen molar-refractivity contribution in [3.8, 4) is 17.3 Å². The molecule has 3 aromatic rings. The second kappa shape index (κ2) is 7.14. The lowest BCUT2D eigenvalue weighted by Crippen LogP contribution is -2.33. The molecule has 1 aromatic carbocycles. The van der Waals surface area contributed by atoms with E-state index < -0.39 is 0 Å². The summed E-state index contributed by atoms with van der Waals surface area (Å²) in [4.78, 5) is 18.2. The fourth-order valence-electron chi connectivity index (χ4n) is 2.91. The minimum absolute atomic E-state index is 0.0186. The third-order valence-corrected chi connectivity index (χ3v) is 4.32. The van der Waals surface area contributed by atoms with Crippen LogP contribution in [0.15, 0.2) is 35.0 Å². The number of hydrogen-bond acceptors (Lipinski definition) is 7. The summed E-state index contributed by atoms with van der Waals surface area (Å²) in [5, 5.41) is 11.9. The number of carbonyl (C=O) groups is 1. The molecule has 1 aliphatic heterocycles. The number of ether oxygens (including phenoxy) is 1. The minimum atomic E-state index is -0.348. The summed E-state index contributed by atoms with van der Waals surface area (Å²) >= 11 is 0. The highest BCUT2D eigenvalue weighted by molar-refractivity contribution is 5.78. The van der Waals surface area contributed by atoms with Crippen LogP contribution in [0.25, 0.3) is 11.6 Å². The smallest absolute Gasteiger partial charge is 0.280 e. The second-order valence-electron chi connectivity index (χ2n) is 6.26. The Morgan fingerprint density at radius 2 is 2.19 bits per heavy atom. The molecule has 0 saturated carbocycles. The molecule has 1 saturated heterocycles. The van der Waals surface area contributed by atoms with Crippen LogP contribution in [0.5, 0.6) is 5.75 Å². The Kier molecular flexibility index (Phi) is 4.53. The van der Waals surface area contributed by atoms with Crippen LogP contribution in [0.2, 0.25) is 0 Å². The molecule has 0 bridgehead atoms. The van der Waals surface area contributed by atoms with Crippen molar-refractivity contribution < 1.29 is 18.4 Å². The van der Waals surface area contributed by atoms with Crippen molar-refractivity contribution >= 4 is 5.91 Å². The van der Waals surface area contributed by atoms with E-state index in [4.69, 9.17) is 9.26 Å². The van der Waals surface area contributed by atoms with E-state index in [9.17, 15) is 9.18 Å². The van der Waals surface area contributed by atoms with Gasteiger partial charge in [-0.25, -0.2) is 9.07 Å². The third kappa shape index (κ3) is 3.78. The third-order valence-electron chi connectivity index (χ3n) is 4.32. The molecule has 1 aliphatic rings. The molecule has 0 spiro atoms. The summed E-state index contributed by atoms with van der Waals surface area (Å²) < 4.78 is 25.1. The second-order valence-corrected chi connectivity index (χ2v) is 6.26. The van der Waals surface area contributed by atoms with Crippen LogP contribution in [0.1, 0.15) is 18.3 Å². The standard InChI is InChI=1S/C17H17FN6O3/c1-11-19-17(27-21-11)15-9-24(22-20-15)13-6-7-23(8-13)16(25)10-26-14-4-2-12(18)3-5-14/h2-5,9,13H,6-8,10H2,1H3/t13-/m1/s1. The Balaban J connectivity index is 1.33. The highest BCUT2D eigenvalue weighted by Crippen LogP contribution is 2.23. The Bertz CT molecular complexity index is 938. The Morgan fingerprint density at radius 1 is 1.37 bits per heavy atom. The maximum absolute atomic E-state index is 12.9. The molecular formula is C17H17FN6O3. The lowest BCUT2D eigenvalue weighted by atomic mass is 10.3. The van der Waals surface area contributed by atoms with E-state index in [1.54, 1.807) is 22.7 Å². The van der Waals surface area contributed by atoms with Gasteiger partial charge >= 0.3 is 0 Å². The molecule has 27 heavy (non-hydrogen) atoms. The van der Waals surface area contributed by atoms with Crippen molar-refractivity contribution in [3.05, 3.63) is 42.1 Å². The van der Waals surface area contributed by atoms with Crippen molar-refractivity contribution in [3.63, 3.8) is 0 Å². The van der Waals surface area contributed by atoms with E-state index in [-0.39, 0.29) is 24.4 Å². The number of aryl methyl sites for hydroxylation is 1. The zero-order valence-electron chi connectivity index (χ0n) is 14.6. The molecule has 140 valence electrons. The van der Waals surface area contributed by atoms with Crippen LogP contribution in [0.3, 0.4) is 0 Å². The molecule has 1 amide bonds. The van der Waals surface area contributed by atoms with Crippen molar-refractivity contribution in [1.82, 2.24) is 30.0 Å². The molecule has 0 N–H and O–H groups in total. The number of carbonyl (C=O) groups excluding carboxylic acids is 1. The van der Waals surface area contributed by atoms with Gasteiger partial charge in [0.15, 0.2) is 18.1 Å². The van der Waals surface area contributed by atoms with Crippen LogP contribution < -0.4 is 4.74 Å². The lowest BCUT2D eigenvalue weighted by Gasteiger charge is -2.16. The molecule has 10 heteroatoms. The van der Waals surface area contributed by atoms with Crippen LogP contribution >= 0.6 is 0 Å². The number of halogens is 1. The molecule has 3 heterocycles. The Labute approximate surface area is 153 Å². The molecule has 9 nitrogen and oxygen atoms in total. The quantitative estimate of drug-likeness (QED) is 0.671. The predicted molar refractivity (Wildman–Crippen MR) is 90.2 cm³/mol. The van der Waals surface area contributed by atoms with Crippen molar-refractivity contribution in [2.45, 2.75) is 19.4 Å². The maximum Gasteiger partial charge on any atom is 0.280 e. The van der Waals surface area contributed by atoms with Crippen LogP contribution in [-0.2, 0) is 4.79 Å². The van der Waals surface area contributed by atoms with Crippen LogP contribution in [0, 0.1) is 12.7 Å². The van der Waals surface area contributed by atoms with Gasteiger partial charge in [0.2, 0.25) is 0 Å². The number of likely N-dealkylation sites (tertiary alicyclic amines) is 1. The van der Waals surface area contributed by atoms with Gasteiger partial charge in [-0.05, 0) is 37.6 Å². The van der Waals surface area contributed by atoms with Crippen molar-refractivity contribution in [2.75, 3.05) is 19.7 Å². The van der Waals surface area contributed by atoms with Crippen molar-refractivity contribution in [1.29, 1.82) is 0 Å². The first kappa shape index (κ1) is 17.1. The summed E-state index contributed by atoms with van der Waals surface area (Å²) in [6.45, 7) is 2.75. The Hall–Kier alpha value is -3.30. The topological polar surface area (TPSA) is 99.2 Å². The maximum atomic E-state index is 12.9. The molecule has 1 atom stereocenters. The molecule has 1 fully saturated rings. The van der Waals surface area contributed by atoms with E-state index >= 15 is 0 Å². The molecular weight excluding hydrogens is 355 g/mol. The monoisotopic (exact) mass is 372 g/mol.